The molecule has 0 aromatic heterocycles. The summed E-state index contributed by atoms with van der Waals surface area (Å²) < 4.78 is 0.887. The lowest BCUT2D eigenvalue weighted by Crippen LogP contribution is -1.98. The Kier molecular flexibility index (Phi) is 3.84. The molecule has 0 bridgehead atoms. The average Bonchev–Trinajstić information content (AvgIpc) is 2.03. The van der Waals surface area contributed by atoms with Gasteiger partial charge in [-0.25, -0.2) is 0 Å². The number of aliphatic hydroxyl groups excluding tert-OH is 1. The van der Waals surface area contributed by atoms with Crippen LogP contribution in [-0.2, 0) is 0 Å². The van der Waals surface area contributed by atoms with Crippen LogP contribution >= 0.6 is 39.1 Å². The van der Waals surface area contributed by atoms with Crippen LogP contribution in [0, 0.1) is 0 Å². The minimum absolute atomic E-state index is 0.154. The van der Waals surface area contributed by atoms with Gasteiger partial charge in [0.2, 0.25) is 0 Å². The topological polar surface area (TPSA) is 20.2 Å². The molecule has 0 aliphatic carbocycles. The maximum Gasteiger partial charge on any atom is 0.0939 e. The van der Waals surface area contributed by atoms with Crippen LogP contribution in [0.4, 0.5) is 0 Å². The summed E-state index contributed by atoms with van der Waals surface area (Å²) in [5.74, 6) is 0.154. The Hall–Kier alpha value is 0.240. The van der Waals surface area contributed by atoms with Gasteiger partial charge in [-0.2, -0.15) is 0 Å². The van der Waals surface area contributed by atoms with Crippen LogP contribution in [-0.4, -0.2) is 11.0 Å². The van der Waals surface area contributed by atoms with Gasteiger partial charge in [0.1, 0.15) is 0 Å². The molecule has 0 fully saturated rings. The number of hydrogen-bond acceptors (Lipinski definition) is 1. The van der Waals surface area contributed by atoms with E-state index in [1.54, 1.807) is 12.1 Å². The van der Waals surface area contributed by atoms with Crippen molar-refractivity contribution < 1.29 is 5.11 Å². The van der Waals surface area contributed by atoms with E-state index in [1.807, 2.05) is 6.07 Å². The van der Waals surface area contributed by atoms with Gasteiger partial charge in [-0.15, -0.1) is 11.6 Å². The first-order chi connectivity index (χ1) is 5.65. The van der Waals surface area contributed by atoms with E-state index in [1.165, 1.54) is 0 Å². The van der Waals surface area contributed by atoms with Gasteiger partial charge in [-0.3, -0.25) is 0 Å². The van der Waals surface area contributed by atoms with Crippen molar-refractivity contribution in [2.45, 2.75) is 6.10 Å². The second kappa shape index (κ2) is 4.47. The normalized spacial score (nSPS) is 13.0. The Balaban J connectivity index is 3.01. The van der Waals surface area contributed by atoms with E-state index in [4.69, 9.17) is 23.2 Å². The Bertz CT molecular complexity index is 278. The molecule has 0 saturated carbocycles. The van der Waals surface area contributed by atoms with Crippen LogP contribution < -0.4 is 0 Å². The number of alkyl halides is 1. The van der Waals surface area contributed by atoms with Gasteiger partial charge in [0, 0.05) is 15.1 Å². The van der Waals surface area contributed by atoms with Gasteiger partial charge in [0.05, 0.1) is 12.0 Å². The minimum atomic E-state index is -0.688. The number of halogens is 3. The molecule has 0 amide bonds. The maximum atomic E-state index is 9.37. The van der Waals surface area contributed by atoms with Gasteiger partial charge in [0.25, 0.3) is 0 Å². The van der Waals surface area contributed by atoms with Crippen molar-refractivity contribution in [2.75, 3.05) is 5.88 Å². The molecule has 1 aromatic carbocycles. The fourth-order valence-electron chi connectivity index (χ4n) is 0.855. The maximum absolute atomic E-state index is 9.37. The zero-order chi connectivity index (χ0) is 9.14. The second-order valence-corrected chi connectivity index (χ2v) is 3.97. The third-order valence-corrected chi connectivity index (χ3v) is 2.58. The van der Waals surface area contributed by atoms with Crippen molar-refractivity contribution in [2.24, 2.45) is 0 Å². The number of aliphatic hydroxyl groups is 1. The average molecular weight is 270 g/mol. The van der Waals surface area contributed by atoms with Crippen LogP contribution in [0.1, 0.15) is 11.7 Å². The van der Waals surface area contributed by atoms with Crippen LogP contribution in [0.5, 0.6) is 0 Å². The van der Waals surface area contributed by atoms with Crippen molar-refractivity contribution in [1.82, 2.24) is 0 Å². The fraction of sp³-hybridized carbons (Fsp3) is 0.250. The molecule has 4 heteroatoms. The Labute approximate surface area is 89.4 Å². The van der Waals surface area contributed by atoms with E-state index in [0.29, 0.717) is 10.6 Å². The van der Waals surface area contributed by atoms with Gasteiger partial charge in [0.15, 0.2) is 0 Å². The van der Waals surface area contributed by atoms with E-state index in [0.717, 1.165) is 4.47 Å². The summed E-state index contributed by atoms with van der Waals surface area (Å²) in [6.45, 7) is 0. The molecule has 0 saturated heterocycles. The molecule has 0 aliphatic heterocycles. The molecule has 1 rings (SSSR count). The van der Waals surface area contributed by atoms with Crippen molar-refractivity contribution in [1.29, 1.82) is 0 Å². The van der Waals surface area contributed by atoms with E-state index in [-0.39, 0.29) is 5.88 Å². The summed E-state index contributed by atoms with van der Waals surface area (Å²) in [6, 6.07) is 5.29. The zero-order valence-corrected chi connectivity index (χ0v) is 9.20. The summed E-state index contributed by atoms with van der Waals surface area (Å²) in [4.78, 5) is 0. The van der Waals surface area contributed by atoms with Gasteiger partial charge < -0.3 is 5.11 Å². The molecule has 0 heterocycles. The quantitative estimate of drug-likeness (QED) is 0.817. The molecule has 1 atom stereocenters. The highest BCUT2D eigenvalue weighted by atomic mass is 79.9. The summed E-state index contributed by atoms with van der Waals surface area (Å²) >= 11 is 14.6. The SMILES string of the molecule is OC(CCl)c1ccc(Br)cc1Cl. The smallest absolute Gasteiger partial charge is 0.0939 e. The van der Waals surface area contributed by atoms with E-state index in [2.05, 4.69) is 15.9 Å². The monoisotopic (exact) mass is 268 g/mol. The van der Waals surface area contributed by atoms with Gasteiger partial charge in [-0.05, 0) is 12.1 Å². The van der Waals surface area contributed by atoms with Crippen molar-refractivity contribution >= 4 is 39.1 Å². The largest absolute Gasteiger partial charge is 0.387 e. The van der Waals surface area contributed by atoms with Gasteiger partial charge in [-0.1, -0.05) is 33.6 Å². The number of benzene rings is 1. The standard InChI is InChI=1S/C8H7BrCl2O/c9-5-1-2-6(7(11)3-5)8(12)4-10/h1-3,8,12H,4H2. The molecule has 12 heavy (non-hydrogen) atoms. The van der Waals surface area contributed by atoms with Crippen LogP contribution in [0.15, 0.2) is 22.7 Å². The minimum Gasteiger partial charge on any atom is -0.387 e. The van der Waals surface area contributed by atoms with Crippen molar-refractivity contribution in [3.8, 4) is 0 Å². The molecule has 1 aromatic rings. The highest BCUT2D eigenvalue weighted by Crippen LogP contribution is 2.26. The lowest BCUT2D eigenvalue weighted by Gasteiger charge is -2.08. The van der Waals surface area contributed by atoms with Gasteiger partial charge >= 0.3 is 0 Å². The summed E-state index contributed by atoms with van der Waals surface area (Å²) in [5, 5.41) is 9.89. The van der Waals surface area contributed by atoms with Crippen LogP contribution in [0.25, 0.3) is 0 Å². The molecular formula is C8H7BrCl2O. The Morgan fingerprint density at radius 2 is 2.17 bits per heavy atom. The van der Waals surface area contributed by atoms with E-state index in [9.17, 15) is 5.11 Å². The Morgan fingerprint density at radius 1 is 1.50 bits per heavy atom. The second-order valence-electron chi connectivity index (χ2n) is 2.34. The number of rotatable bonds is 2. The molecule has 1 nitrogen and oxygen atoms in total. The lowest BCUT2D eigenvalue weighted by molar-refractivity contribution is 0.203. The molecule has 0 aliphatic rings. The molecule has 1 N–H and O–H groups in total. The summed E-state index contributed by atoms with van der Waals surface area (Å²) in [5.41, 5.74) is 0.662. The highest BCUT2D eigenvalue weighted by Gasteiger charge is 2.09. The number of hydrogen-bond donors (Lipinski definition) is 1. The van der Waals surface area contributed by atoms with E-state index < -0.39 is 6.10 Å². The predicted molar refractivity (Wildman–Crippen MR) is 54.8 cm³/mol. The zero-order valence-electron chi connectivity index (χ0n) is 6.10. The molecule has 0 spiro atoms. The van der Waals surface area contributed by atoms with Crippen LogP contribution in [0.2, 0.25) is 5.02 Å². The highest BCUT2D eigenvalue weighted by molar-refractivity contribution is 9.10. The predicted octanol–water partition coefficient (Wildman–Crippen LogP) is 3.37. The van der Waals surface area contributed by atoms with E-state index >= 15 is 0 Å². The van der Waals surface area contributed by atoms with Crippen molar-refractivity contribution in [3.05, 3.63) is 33.3 Å². The Morgan fingerprint density at radius 3 is 2.67 bits per heavy atom. The summed E-state index contributed by atoms with van der Waals surface area (Å²) in [7, 11) is 0. The van der Waals surface area contributed by atoms with Crippen LogP contribution in [0.3, 0.4) is 0 Å². The lowest BCUT2D eigenvalue weighted by atomic mass is 10.1. The molecule has 0 radical (unpaired) electrons. The summed E-state index contributed by atoms with van der Waals surface area (Å²) in [6.07, 6.45) is -0.688. The first-order valence-electron chi connectivity index (χ1n) is 3.34. The van der Waals surface area contributed by atoms with Crippen molar-refractivity contribution in [3.63, 3.8) is 0 Å². The molecular weight excluding hydrogens is 263 g/mol. The fourth-order valence-corrected chi connectivity index (χ4v) is 1.82. The third kappa shape index (κ3) is 2.36. The molecule has 66 valence electrons. The first-order valence-corrected chi connectivity index (χ1v) is 5.04. The first kappa shape index (κ1) is 10.3. The third-order valence-electron chi connectivity index (χ3n) is 1.47. The molecule has 1 unspecified atom stereocenters.